The maximum absolute atomic E-state index is 6.06. The lowest BCUT2D eigenvalue weighted by molar-refractivity contribution is -0.0454. The summed E-state index contributed by atoms with van der Waals surface area (Å²) < 4.78 is 6.06. The smallest absolute Gasteiger partial charge is 0.193 e. The standard InChI is InChI=1S/C20H30N4O/c1-21-20(22-12-19-14-23-10-5-8-18(23)15-25-19)24-11-9-17(13-24)16-6-3-2-4-7-16/h2-4,6-7,17-19H,5,8-15H2,1H3,(H,21,22). The summed E-state index contributed by atoms with van der Waals surface area (Å²) in [6, 6.07) is 11.5. The minimum Gasteiger partial charge on any atom is -0.373 e. The van der Waals surface area contributed by atoms with E-state index < -0.39 is 0 Å². The molecule has 4 rings (SSSR count). The number of hydrogen-bond donors (Lipinski definition) is 1. The quantitative estimate of drug-likeness (QED) is 0.673. The molecule has 3 saturated heterocycles. The molecule has 1 N–H and O–H groups in total. The largest absolute Gasteiger partial charge is 0.373 e. The molecule has 0 amide bonds. The molecule has 136 valence electrons. The number of fused-ring (bicyclic) bond motifs is 1. The van der Waals surface area contributed by atoms with E-state index in [2.05, 4.69) is 50.4 Å². The first-order valence-electron chi connectivity index (χ1n) is 9.69. The van der Waals surface area contributed by atoms with Crippen LogP contribution in [-0.2, 0) is 4.74 Å². The number of likely N-dealkylation sites (tertiary alicyclic amines) is 1. The van der Waals surface area contributed by atoms with Crippen molar-refractivity contribution in [2.45, 2.75) is 37.3 Å². The number of aliphatic imine (C=N–C) groups is 1. The molecule has 3 fully saturated rings. The van der Waals surface area contributed by atoms with Gasteiger partial charge in [-0.2, -0.15) is 0 Å². The molecular weight excluding hydrogens is 312 g/mol. The van der Waals surface area contributed by atoms with Crippen molar-refractivity contribution in [3.63, 3.8) is 0 Å². The third-order valence-corrected chi connectivity index (χ3v) is 5.92. The Balaban J connectivity index is 1.28. The highest BCUT2D eigenvalue weighted by molar-refractivity contribution is 5.80. The molecule has 3 aliphatic rings. The fourth-order valence-corrected chi connectivity index (χ4v) is 4.50. The zero-order valence-electron chi connectivity index (χ0n) is 15.2. The van der Waals surface area contributed by atoms with Gasteiger partial charge in [0.2, 0.25) is 0 Å². The zero-order valence-corrected chi connectivity index (χ0v) is 15.2. The van der Waals surface area contributed by atoms with E-state index in [1.54, 1.807) is 0 Å². The monoisotopic (exact) mass is 342 g/mol. The van der Waals surface area contributed by atoms with E-state index in [-0.39, 0.29) is 6.10 Å². The fourth-order valence-electron chi connectivity index (χ4n) is 4.50. The van der Waals surface area contributed by atoms with Crippen LogP contribution < -0.4 is 5.32 Å². The summed E-state index contributed by atoms with van der Waals surface area (Å²) in [5, 5.41) is 3.56. The van der Waals surface area contributed by atoms with Crippen molar-refractivity contribution in [1.29, 1.82) is 0 Å². The number of hydrogen-bond acceptors (Lipinski definition) is 3. The molecule has 3 aliphatic heterocycles. The fraction of sp³-hybridized carbons (Fsp3) is 0.650. The molecule has 5 heteroatoms. The highest BCUT2D eigenvalue weighted by Gasteiger charge is 2.32. The Kier molecular flexibility index (Phi) is 5.22. The molecule has 3 atom stereocenters. The maximum Gasteiger partial charge on any atom is 0.193 e. The zero-order chi connectivity index (χ0) is 17.1. The SMILES string of the molecule is CN=C(NCC1CN2CCCC2CO1)N1CCC(c2ccccc2)C1. The Labute approximate surface area is 151 Å². The average molecular weight is 342 g/mol. The molecule has 0 spiro atoms. The van der Waals surface area contributed by atoms with E-state index in [9.17, 15) is 0 Å². The average Bonchev–Trinajstić information content (AvgIpc) is 3.32. The molecule has 0 saturated carbocycles. The van der Waals surface area contributed by atoms with Gasteiger partial charge in [0.15, 0.2) is 5.96 Å². The van der Waals surface area contributed by atoms with Crippen molar-refractivity contribution in [1.82, 2.24) is 15.1 Å². The Hall–Kier alpha value is -1.59. The maximum atomic E-state index is 6.06. The Bertz CT molecular complexity index is 591. The third-order valence-electron chi connectivity index (χ3n) is 5.92. The molecule has 3 unspecified atom stereocenters. The van der Waals surface area contributed by atoms with Crippen LogP contribution in [0, 0.1) is 0 Å². The molecule has 0 radical (unpaired) electrons. The topological polar surface area (TPSA) is 40.1 Å². The molecular formula is C20H30N4O. The Morgan fingerprint density at radius 2 is 2.08 bits per heavy atom. The molecule has 1 aromatic carbocycles. The van der Waals surface area contributed by atoms with E-state index in [1.807, 2.05) is 7.05 Å². The van der Waals surface area contributed by atoms with Crippen LogP contribution in [0.2, 0.25) is 0 Å². The van der Waals surface area contributed by atoms with E-state index >= 15 is 0 Å². The lowest BCUT2D eigenvalue weighted by Crippen LogP contribution is -2.51. The Morgan fingerprint density at radius 3 is 2.92 bits per heavy atom. The van der Waals surface area contributed by atoms with Gasteiger partial charge in [0.05, 0.1) is 12.7 Å². The van der Waals surface area contributed by atoms with Gasteiger partial charge in [-0.15, -0.1) is 0 Å². The van der Waals surface area contributed by atoms with Crippen LogP contribution in [0.3, 0.4) is 0 Å². The van der Waals surface area contributed by atoms with Gasteiger partial charge < -0.3 is 15.0 Å². The lowest BCUT2D eigenvalue weighted by Gasteiger charge is -2.35. The summed E-state index contributed by atoms with van der Waals surface area (Å²) in [6.07, 6.45) is 4.10. The molecule has 1 aromatic rings. The Morgan fingerprint density at radius 1 is 1.20 bits per heavy atom. The van der Waals surface area contributed by atoms with Gasteiger partial charge in [-0.05, 0) is 31.4 Å². The highest BCUT2D eigenvalue weighted by Crippen LogP contribution is 2.27. The van der Waals surface area contributed by atoms with Crippen LogP contribution in [0.5, 0.6) is 0 Å². The number of rotatable bonds is 3. The van der Waals surface area contributed by atoms with Crippen LogP contribution in [0.25, 0.3) is 0 Å². The summed E-state index contributed by atoms with van der Waals surface area (Å²) in [5.74, 6) is 1.63. The molecule has 0 aromatic heterocycles. The first-order valence-corrected chi connectivity index (χ1v) is 9.69. The second-order valence-corrected chi connectivity index (χ2v) is 7.52. The third kappa shape index (κ3) is 3.82. The highest BCUT2D eigenvalue weighted by atomic mass is 16.5. The van der Waals surface area contributed by atoms with Crippen molar-refractivity contribution in [3.8, 4) is 0 Å². The minimum absolute atomic E-state index is 0.277. The van der Waals surface area contributed by atoms with E-state index in [0.29, 0.717) is 12.0 Å². The van der Waals surface area contributed by atoms with Gasteiger partial charge in [-0.1, -0.05) is 30.3 Å². The normalized spacial score (nSPS) is 30.5. The lowest BCUT2D eigenvalue weighted by atomic mass is 9.99. The van der Waals surface area contributed by atoms with Crippen LogP contribution in [0.4, 0.5) is 0 Å². The van der Waals surface area contributed by atoms with Gasteiger partial charge >= 0.3 is 0 Å². The first kappa shape index (κ1) is 16.9. The summed E-state index contributed by atoms with van der Waals surface area (Å²) in [7, 11) is 1.89. The van der Waals surface area contributed by atoms with Gasteiger partial charge in [0.25, 0.3) is 0 Å². The van der Waals surface area contributed by atoms with Gasteiger partial charge in [0.1, 0.15) is 0 Å². The van der Waals surface area contributed by atoms with E-state index in [1.165, 1.54) is 31.4 Å². The second kappa shape index (κ2) is 7.75. The number of ether oxygens (including phenoxy) is 1. The number of morpholine rings is 1. The van der Waals surface area contributed by atoms with Crippen LogP contribution in [0.1, 0.15) is 30.7 Å². The predicted molar refractivity (Wildman–Crippen MR) is 101 cm³/mol. The van der Waals surface area contributed by atoms with Crippen molar-refractivity contribution in [3.05, 3.63) is 35.9 Å². The van der Waals surface area contributed by atoms with Crippen molar-refractivity contribution in [2.75, 3.05) is 46.4 Å². The molecule has 0 bridgehead atoms. The second-order valence-electron chi connectivity index (χ2n) is 7.52. The number of benzene rings is 1. The summed E-state index contributed by atoms with van der Waals surface area (Å²) in [5.41, 5.74) is 1.44. The van der Waals surface area contributed by atoms with Crippen molar-refractivity contribution in [2.24, 2.45) is 4.99 Å². The van der Waals surface area contributed by atoms with Gasteiger partial charge in [-0.25, -0.2) is 0 Å². The molecule has 0 aliphatic carbocycles. The molecule has 25 heavy (non-hydrogen) atoms. The van der Waals surface area contributed by atoms with Crippen LogP contribution in [-0.4, -0.2) is 74.3 Å². The van der Waals surface area contributed by atoms with Crippen molar-refractivity contribution < 1.29 is 4.74 Å². The van der Waals surface area contributed by atoms with Gasteiger partial charge in [-0.3, -0.25) is 9.89 Å². The number of nitrogens with one attached hydrogen (secondary N) is 1. The summed E-state index contributed by atoms with van der Waals surface area (Å²) >= 11 is 0. The van der Waals surface area contributed by atoms with E-state index in [4.69, 9.17) is 4.74 Å². The van der Waals surface area contributed by atoms with Crippen LogP contribution in [0.15, 0.2) is 35.3 Å². The summed E-state index contributed by atoms with van der Waals surface area (Å²) in [4.78, 5) is 9.50. The predicted octanol–water partition coefficient (Wildman–Crippen LogP) is 1.91. The minimum atomic E-state index is 0.277. The summed E-state index contributed by atoms with van der Waals surface area (Å²) in [6.45, 7) is 6.15. The van der Waals surface area contributed by atoms with Crippen molar-refractivity contribution >= 4 is 5.96 Å². The molecule has 5 nitrogen and oxygen atoms in total. The van der Waals surface area contributed by atoms with Crippen LogP contribution >= 0.6 is 0 Å². The van der Waals surface area contributed by atoms with E-state index in [0.717, 1.165) is 38.7 Å². The number of guanidine groups is 1. The molecule has 3 heterocycles. The first-order chi connectivity index (χ1) is 12.3. The number of nitrogens with zero attached hydrogens (tertiary/aromatic N) is 3. The van der Waals surface area contributed by atoms with Gasteiger partial charge in [0, 0.05) is 45.2 Å².